The van der Waals surface area contributed by atoms with Crippen LogP contribution >= 0.6 is 12.2 Å². The molecule has 1 aromatic rings. The summed E-state index contributed by atoms with van der Waals surface area (Å²) in [6.45, 7) is 6.25. The predicted octanol–water partition coefficient (Wildman–Crippen LogP) is 1.20. The van der Waals surface area contributed by atoms with Crippen LogP contribution in [0.4, 0.5) is 5.82 Å². The number of nitrogens with one attached hydrogen (secondary N) is 1. The molecule has 0 unspecified atom stereocenters. The zero-order chi connectivity index (χ0) is 12.7. The van der Waals surface area contributed by atoms with Crippen LogP contribution in [0.3, 0.4) is 0 Å². The van der Waals surface area contributed by atoms with Gasteiger partial charge in [0.15, 0.2) is 5.82 Å². The van der Waals surface area contributed by atoms with Crippen molar-refractivity contribution in [2.24, 2.45) is 11.7 Å². The number of hydrogen-bond acceptors (Lipinski definition) is 5. The van der Waals surface area contributed by atoms with Gasteiger partial charge in [-0.25, -0.2) is 9.97 Å². The number of aromatic nitrogens is 2. The lowest BCUT2D eigenvalue weighted by molar-refractivity contribution is 0.118. The summed E-state index contributed by atoms with van der Waals surface area (Å²) in [5.41, 5.74) is 6.06. The van der Waals surface area contributed by atoms with Crippen molar-refractivity contribution < 1.29 is 4.74 Å². The Bertz CT molecular complexity index is 370. The zero-order valence-electron chi connectivity index (χ0n) is 10.1. The molecule has 5 nitrogen and oxygen atoms in total. The second-order valence-corrected chi connectivity index (χ2v) is 4.45. The lowest BCUT2D eigenvalue weighted by Crippen LogP contribution is -2.18. The monoisotopic (exact) mass is 254 g/mol. The molecule has 0 atom stereocenters. The summed E-state index contributed by atoms with van der Waals surface area (Å²) in [5, 5.41) is 3.10. The Morgan fingerprint density at radius 2 is 2.18 bits per heavy atom. The first-order valence-electron chi connectivity index (χ1n) is 5.53. The van der Waals surface area contributed by atoms with Crippen molar-refractivity contribution in [3.8, 4) is 0 Å². The topological polar surface area (TPSA) is 73.1 Å². The molecule has 0 fully saturated rings. The normalized spacial score (nSPS) is 10.5. The van der Waals surface area contributed by atoms with Gasteiger partial charge in [0, 0.05) is 25.5 Å². The predicted molar refractivity (Wildman–Crippen MR) is 72.1 cm³/mol. The molecule has 3 N–H and O–H groups in total. The Balaban J connectivity index is 2.39. The highest BCUT2D eigenvalue weighted by atomic mass is 32.1. The minimum absolute atomic E-state index is 0.240. The van der Waals surface area contributed by atoms with Gasteiger partial charge in [-0.15, -0.1) is 0 Å². The average Bonchev–Trinajstić information content (AvgIpc) is 2.28. The smallest absolute Gasteiger partial charge is 0.155 e. The van der Waals surface area contributed by atoms with Crippen LogP contribution in [0.15, 0.2) is 12.4 Å². The van der Waals surface area contributed by atoms with E-state index in [4.69, 9.17) is 22.7 Å². The molecule has 1 heterocycles. The van der Waals surface area contributed by atoms with Crippen molar-refractivity contribution >= 4 is 23.0 Å². The van der Waals surface area contributed by atoms with E-state index in [0.29, 0.717) is 30.6 Å². The van der Waals surface area contributed by atoms with E-state index in [1.54, 1.807) is 12.4 Å². The lowest BCUT2D eigenvalue weighted by Gasteiger charge is -2.10. The first-order valence-corrected chi connectivity index (χ1v) is 5.94. The van der Waals surface area contributed by atoms with Gasteiger partial charge in [0.05, 0.1) is 6.61 Å². The molecular formula is C11H18N4OS. The minimum Gasteiger partial charge on any atom is -0.388 e. The van der Waals surface area contributed by atoms with E-state index in [-0.39, 0.29) is 4.99 Å². The third-order valence-electron chi connectivity index (χ3n) is 1.92. The summed E-state index contributed by atoms with van der Waals surface area (Å²) in [6, 6.07) is 0. The molecule has 0 saturated carbocycles. The summed E-state index contributed by atoms with van der Waals surface area (Å²) >= 11 is 4.89. The molecule has 0 amide bonds. The lowest BCUT2D eigenvalue weighted by atomic mass is 10.2. The Morgan fingerprint density at radius 1 is 1.47 bits per heavy atom. The molecule has 17 heavy (non-hydrogen) atoms. The molecule has 0 aromatic carbocycles. The Morgan fingerprint density at radius 3 is 2.82 bits per heavy atom. The van der Waals surface area contributed by atoms with E-state index < -0.39 is 0 Å². The number of anilines is 1. The van der Waals surface area contributed by atoms with Crippen molar-refractivity contribution in [1.29, 1.82) is 0 Å². The molecule has 0 aliphatic rings. The summed E-state index contributed by atoms with van der Waals surface area (Å²) in [6.07, 6.45) is 3.16. The number of nitrogens with two attached hydrogens (primary N) is 1. The molecule has 0 radical (unpaired) electrons. The largest absolute Gasteiger partial charge is 0.388 e. The maximum atomic E-state index is 5.54. The molecule has 0 bridgehead atoms. The third-order valence-corrected chi connectivity index (χ3v) is 2.12. The van der Waals surface area contributed by atoms with Crippen LogP contribution in [0.25, 0.3) is 0 Å². The second kappa shape index (κ2) is 7.13. The molecule has 6 heteroatoms. The van der Waals surface area contributed by atoms with Crippen molar-refractivity contribution in [3.05, 3.63) is 18.1 Å². The molecule has 94 valence electrons. The van der Waals surface area contributed by atoms with E-state index in [1.165, 1.54) is 0 Å². The van der Waals surface area contributed by atoms with Gasteiger partial charge in [-0.3, -0.25) is 0 Å². The number of ether oxygens (including phenoxy) is 1. The molecule has 0 saturated heterocycles. The van der Waals surface area contributed by atoms with Crippen molar-refractivity contribution in [2.75, 3.05) is 25.1 Å². The highest BCUT2D eigenvalue weighted by Gasteiger charge is 2.06. The molecular weight excluding hydrogens is 236 g/mol. The number of rotatable bonds is 7. The molecule has 0 aliphatic heterocycles. The first-order chi connectivity index (χ1) is 8.11. The fourth-order valence-electron chi connectivity index (χ4n) is 1.21. The Kier molecular flexibility index (Phi) is 5.79. The van der Waals surface area contributed by atoms with E-state index >= 15 is 0 Å². The highest BCUT2D eigenvalue weighted by molar-refractivity contribution is 7.80. The maximum absolute atomic E-state index is 5.54. The van der Waals surface area contributed by atoms with Gasteiger partial charge in [-0.1, -0.05) is 26.1 Å². The SMILES string of the molecule is CC(C)COCCNc1nccnc1C(N)=S. The van der Waals surface area contributed by atoms with E-state index in [2.05, 4.69) is 29.1 Å². The van der Waals surface area contributed by atoms with Crippen LogP contribution in [0.2, 0.25) is 0 Å². The fourth-order valence-corrected chi connectivity index (χ4v) is 1.36. The Hall–Kier alpha value is -1.27. The molecule has 1 rings (SSSR count). The maximum Gasteiger partial charge on any atom is 0.155 e. The summed E-state index contributed by atoms with van der Waals surface area (Å²) in [4.78, 5) is 8.45. The number of nitrogens with zero attached hydrogens (tertiary/aromatic N) is 2. The van der Waals surface area contributed by atoms with Crippen LogP contribution in [0, 0.1) is 5.92 Å². The zero-order valence-corrected chi connectivity index (χ0v) is 11.0. The van der Waals surface area contributed by atoms with E-state index in [0.717, 1.165) is 6.61 Å². The number of thiocarbonyl (C=S) groups is 1. The van der Waals surface area contributed by atoms with E-state index in [9.17, 15) is 0 Å². The van der Waals surface area contributed by atoms with Gasteiger partial charge in [0.2, 0.25) is 0 Å². The quantitative estimate of drug-likeness (QED) is 0.562. The van der Waals surface area contributed by atoms with Gasteiger partial charge in [0.25, 0.3) is 0 Å². The fraction of sp³-hybridized carbons (Fsp3) is 0.545. The third kappa shape index (κ3) is 5.06. The van der Waals surface area contributed by atoms with Crippen molar-refractivity contribution in [2.45, 2.75) is 13.8 Å². The number of hydrogen-bond donors (Lipinski definition) is 2. The summed E-state index contributed by atoms with van der Waals surface area (Å²) < 4.78 is 5.44. The van der Waals surface area contributed by atoms with Crippen LogP contribution in [-0.4, -0.2) is 34.7 Å². The van der Waals surface area contributed by atoms with Gasteiger partial charge in [-0.05, 0) is 5.92 Å². The van der Waals surface area contributed by atoms with Crippen LogP contribution in [0.1, 0.15) is 19.5 Å². The van der Waals surface area contributed by atoms with Crippen molar-refractivity contribution in [1.82, 2.24) is 9.97 Å². The summed E-state index contributed by atoms with van der Waals surface area (Å²) in [7, 11) is 0. The van der Waals surface area contributed by atoms with Crippen molar-refractivity contribution in [3.63, 3.8) is 0 Å². The van der Waals surface area contributed by atoms with Gasteiger partial charge >= 0.3 is 0 Å². The van der Waals surface area contributed by atoms with Gasteiger partial charge in [-0.2, -0.15) is 0 Å². The van der Waals surface area contributed by atoms with E-state index in [1.807, 2.05) is 0 Å². The first kappa shape index (κ1) is 13.8. The summed E-state index contributed by atoms with van der Waals surface area (Å²) in [5.74, 6) is 1.15. The molecule has 0 aliphatic carbocycles. The van der Waals surface area contributed by atoms with Crippen LogP contribution in [0.5, 0.6) is 0 Å². The standard InChI is InChI=1S/C11H18N4OS/c1-8(2)7-16-6-5-15-11-9(10(12)17)13-3-4-14-11/h3-4,8H,5-7H2,1-2H3,(H2,12,17)(H,14,15). The highest BCUT2D eigenvalue weighted by Crippen LogP contribution is 2.07. The molecule has 0 spiro atoms. The second-order valence-electron chi connectivity index (χ2n) is 4.01. The Labute approximate surface area is 107 Å². The van der Waals surface area contributed by atoms with Crippen LogP contribution in [-0.2, 0) is 4.74 Å². The minimum atomic E-state index is 0.240. The van der Waals surface area contributed by atoms with Gasteiger partial charge < -0.3 is 15.8 Å². The average molecular weight is 254 g/mol. The van der Waals surface area contributed by atoms with Gasteiger partial charge in [0.1, 0.15) is 10.7 Å². The molecule has 1 aromatic heterocycles. The van der Waals surface area contributed by atoms with Crippen LogP contribution < -0.4 is 11.1 Å².